The highest BCUT2D eigenvalue weighted by Gasteiger charge is 2.24. The van der Waals surface area contributed by atoms with Crippen molar-refractivity contribution in [2.45, 2.75) is 34.5 Å². The molecule has 2 aromatic heterocycles. The molecule has 1 N–H and O–H groups in total. The van der Waals surface area contributed by atoms with Crippen LogP contribution in [0, 0.1) is 0 Å². The summed E-state index contributed by atoms with van der Waals surface area (Å²) >= 11 is 0.984. The Morgan fingerprint density at radius 1 is 1.19 bits per heavy atom. The Morgan fingerprint density at radius 2 is 2.00 bits per heavy atom. The quantitative estimate of drug-likeness (QED) is 0.737. The van der Waals surface area contributed by atoms with Gasteiger partial charge in [0, 0.05) is 12.5 Å². The van der Waals surface area contributed by atoms with Crippen molar-refractivity contribution in [3.05, 3.63) is 59.5 Å². The van der Waals surface area contributed by atoms with Crippen LogP contribution in [-0.4, -0.2) is 35.1 Å². The molecule has 1 aromatic carbocycles. The molecule has 1 aliphatic heterocycles. The van der Waals surface area contributed by atoms with Gasteiger partial charge < -0.3 is 5.32 Å². The summed E-state index contributed by atoms with van der Waals surface area (Å²) in [6, 6.07) is 11.2. The number of nitrogens with zero attached hydrogens (tertiary/aromatic N) is 3. The molecule has 4 rings (SSSR count). The molecule has 1 aliphatic rings. The maximum Gasteiger partial charge on any atom is 0.261 e. The number of carbonyl (C=O) groups excluding carboxylic acids is 1. The Bertz CT molecular complexity index is 1040. The standard InChI is InChI=1S/C17H16N4O3S2/c22-17(20-12-6-8-15-18-11-19-21(15)10-12)14-7-9-16(25-14)26(23,24)13-4-2-1-3-5-13/h1-5,7,9,11-12H,6,8,10H2,(H,20,22)/t12-/m1/s1. The van der Waals surface area contributed by atoms with Crippen LogP contribution in [0.4, 0.5) is 0 Å². The van der Waals surface area contributed by atoms with Gasteiger partial charge in [-0.2, -0.15) is 5.10 Å². The Kier molecular flexibility index (Phi) is 4.33. The van der Waals surface area contributed by atoms with Crippen LogP contribution in [0.2, 0.25) is 0 Å². The van der Waals surface area contributed by atoms with Crippen molar-refractivity contribution in [2.24, 2.45) is 0 Å². The average Bonchev–Trinajstić information content (AvgIpc) is 3.32. The van der Waals surface area contributed by atoms with Gasteiger partial charge in [-0.3, -0.25) is 4.79 Å². The zero-order valence-electron chi connectivity index (χ0n) is 13.7. The van der Waals surface area contributed by atoms with Gasteiger partial charge in [-0.1, -0.05) is 18.2 Å². The minimum Gasteiger partial charge on any atom is -0.347 e. The molecule has 0 bridgehead atoms. The topological polar surface area (TPSA) is 93.9 Å². The van der Waals surface area contributed by atoms with Crippen molar-refractivity contribution in [3.63, 3.8) is 0 Å². The van der Waals surface area contributed by atoms with E-state index in [1.54, 1.807) is 41.1 Å². The lowest BCUT2D eigenvalue weighted by molar-refractivity contribution is 0.0930. The van der Waals surface area contributed by atoms with Crippen molar-refractivity contribution in [2.75, 3.05) is 0 Å². The summed E-state index contributed by atoms with van der Waals surface area (Å²) in [6.07, 6.45) is 3.05. The van der Waals surface area contributed by atoms with E-state index < -0.39 is 9.84 Å². The van der Waals surface area contributed by atoms with E-state index in [9.17, 15) is 13.2 Å². The predicted octanol–water partition coefficient (Wildman–Crippen LogP) is 1.92. The van der Waals surface area contributed by atoms with Crippen LogP contribution in [0.3, 0.4) is 0 Å². The number of aromatic nitrogens is 3. The molecule has 0 fully saturated rings. The van der Waals surface area contributed by atoms with E-state index in [4.69, 9.17) is 0 Å². The molecule has 0 saturated carbocycles. The number of amides is 1. The predicted molar refractivity (Wildman–Crippen MR) is 95.8 cm³/mol. The maximum atomic E-state index is 12.6. The molecule has 3 aromatic rings. The number of sulfone groups is 1. The van der Waals surface area contributed by atoms with Gasteiger partial charge in [0.1, 0.15) is 16.4 Å². The summed E-state index contributed by atoms with van der Waals surface area (Å²) in [7, 11) is -3.60. The number of rotatable bonds is 4. The van der Waals surface area contributed by atoms with Gasteiger partial charge in [0.25, 0.3) is 5.91 Å². The molecule has 1 amide bonds. The number of thiophene rings is 1. The van der Waals surface area contributed by atoms with Crippen LogP contribution in [0.5, 0.6) is 0 Å². The molecule has 0 spiro atoms. The first-order chi connectivity index (χ1) is 12.5. The molecular formula is C17H16N4O3S2. The smallest absolute Gasteiger partial charge is 0.261 e. The third-order valence-electron chi connectivity index (χ3n) is 4.26. The fraction of sp³-hybridized carbons (Fsp3) is 0.235. The highest BCUT2D eigenvalue weighted by atomic mass is 32.2. The number of nitrogens with one attached hydrogen (secondary N) is 1. The van der Waals surface area contributed by atoms with E-state index >= 15 is 0 Å². The number of benzene rings is 1. The van der Waals surface area contributed by atoms with Gasteiger partial charge in [-0.25, -0.2) is 18.1 Å². The van der Waals surface area contributed by atoms with Gasteiger partial charge in [0.2, 0.25) is 9.84 Å². The van der Waals surface area contributed by atoms with Crippen LogP contribution in [0.15, 0.2) is 57.9 Å². The third-order valence-corrected chi connectivity index (χ3v) is 7.61. The zero-order valence-corrected chi connectivity index (χ0v) is 15.3. The third kappa shape index (κ3) is 3.15. The normalized spacial score (nSPS) is 16.8. The van der Waals surface area contributed by atoms with Crippen molar-refractivity contribution in [1.82, 2.24) is 20.1 Å². The monoisotopic (exact) mass is 388 g/mol. The summed E-state index contributed by atoms with van der Waals surface area (Å²) in [5.41, 5.74) is 0. The Balaban J connectivity index is 1.49. The summed E-state index contributed by atoms with van der Waals surface area (Å²) in [5.74, 6) is 0.654. The fourth-order valence-corrected chi connectivity index (χ4v) is 5.55. The lowest BCUT2D eigenvalue weighted by atomic mass is 10.1. The zero-order chi connectivity index (χ0) is 18.1. The van der Waals surface area contributed by atoms with Gasteiger partial charge >= 0.3 is 0 Å². The first-order valence-electron chi connectivity index (χ1n) is 8.11. The summed E-state index contributed by atoms with van der Waals surface area (Å²) in [6.45, 7) is 0.571. The lowest BCUT2D eigenvalue weighted by Gasteiger charge is -2.23. The fourth-order valence-electron chi connectivity index (χ4n) is 2.91. The van der Waals surface area contributed by atoms with Crippen molar-refractivity contribution in [3.8, 4) is 0 Å². The molecule has 7 nitrogen and oxygen atoms in total. The number of fused-ring (bicyclic) bond motifs is 1. The van der Waals surface area contributed by atoms with E-state index in [0.29, 0.717) is 11.4 Å². The van der Waals surface area contributed by atoms with E-state index in [1.165, 1.54) is 12.4 Å². The maximum absolute atomic E-state index is 12.6. The Hall–Kier alpha value is -2.52. The molecule has 0 aliphatic carbocycles. The minimum atomic E-state index is -3.60. The minimum absolute atomic E-state index is 0.0482. The number of hydrogen-bond acceptors (Lipinski definition) is 6. The average molecular weight is 388 g/mol. The van der Waals surface area contributed by atoms with Crippen molar-refractivity contribution < 1.29 is 13.2 Å². The van der Waals surface area contributed by atoms with Crippen LogP contribution in [0.1, 0.15) is 21.9 Å². The van der Waals surface area contributed by atoms with E-state index in [0.717, 1.165) is 30.0 Å². The van der Waals surface area contributed by atoms with Gasteiger partial charge in [-0.05, 0) is 30.7 Å². The van der Waals surface area contributed by atoms with Crippen LogP contribution >= 0.6 is 11.3 Å². The highest BCUT2D eigenvalue weighted by molar-refractivity contribution is 7.93. The molecular weight excluding hydrogens is 372 g/mol. The Morgan fingerprint density at radius 3 is 2.81 bits per heavy atom. The van der Waals surface area contributed by atoms with E-state index in [1.807, 2.05) is 0 Å². The first-order valence-corrected chi connectivity index (χ1v) is 10.4. The molecule has 26 heavy (non-hydrogen) atoms. The molecule has 0 saturated heterocycles. The number of carbonyl (C=O) groups is 1. The van der Waals surface area contributed by atoms with Crippen LogP contribution in [-0.2, 0) is 22.8 Å². The van der Waals surface area contributed by atoms with Gasteiger partial charge in [0.05, 0.1) is 16.3 Å². The lowest BCUT2D eigenvalue weighted by Crippen LogP contribution is -2.41. The van der Waals surface area contributed by atoms with Crippen LogP contribution in [0.25, 0.3) is 0 Å². The van der Waals surface area contributed by atoms with E-state index in [-0.39, 0.29) is 21.1 Å². The van der Waals surface area contributed by atoms with Gasteiger partial charge in [0.15, 0.2) is 0 Å². The molecule has 134 valence electrons. The van der Waals surface area contributed by atoms with Crippen LogP contribution < -0.4 is 5.32 Å². The van der Waals surface area contributed by atoms with Gasteiger partial charge in [-0.15, -0.1) is 11.3 Å². The molecule has 0 unspecified atom stereocenters. The van der Waals surface area contributed by atoms with E-state index in [2.05, 4.69) is 15.4 Å². The second-order valence-electron chi connectivity index (χ2n) is 6.00. The first kappa shape index (κ1) is 16.9. The molecule has 9 heteroatoms. The Labute approximate surface area is 154 Å². The van der Waals surface area contributed by atoms with Crippen molar-refractivity contribution in [1.29, 1.82) is 0 Å². The number of aryl methyl sites for hydroxylation is 1. The molecule has 0 radical (unpaired) electrons. The SMILES string of the molecule is O=C(N[C@@H]1CCc2ncnn2C1)c1ccc(S(=O)(=O)c2ccccc2)s1. The number of hydrogen-bond donors (Lipinski definition) is 1. The second-order valence-corrected chi connectivity index (χ2v) is 9.26. The molecule has 1 atom stereocenters. The largest absolute Gasteiger partial charge is 0.347 e. The molecule has 3 heterocycles. The summed E-state index contributed by atoms with van der Waals surface area (Å²) in [4.78, 5) is 17.3. The van der Waals surface area contributed by atoms with Crippen molar-refractivity contribution >= 4 is 27.1 Å². The second kappa shape index (κ2) is 6.65. The highest BCUT2D eigenvalue weighted by Crippen LogP contribution is 2.28. The summed E-state index contributed by atoms with van der Waals surface area (Å²) < 4.78 is 27.2. The summed E-state index contributed by atoms with van der Waals surface area (Å²) in [5, 5.41) is 7.09.